The zero-order chi connectivity index (χ0) is 14.0. The molecule has 0 spiro atoms. The van der Waals surface area contributed by atoms with Gasteiger partial charge in [-0.15, -0.1) is 0 Å². The van der Waals surface area contributed by atoms with Crippen LogP contribution in [-0.4, -0.2) is 35.3 Å². The molecule has 3 rings (SSSR count). The van der Waals surface area contributed by atoms with Crippen LogP contribution in [0.15, 0.2) is 30.3 Å². The summed E-state index contributed by atoms with van der Waals surface area (Å²) >= 11 is 0. The molecule has 0 aromatic heterocycles. The number of likely N-dealkylation sites (tertiary alicyclic amines) is 1. The van der Waals surface area contributed by atoms with E-state index in [2.05, 4.69) is 0 Å². The summed E-state index contributed by atoms with van der Waals surface area (Å²) in [6.45, 7) is 1.20. The minimum absolute atomic E-state index is 0.0637. The Morgan fingerprint density at radius 3 is 2.90 bits per heavy atom. The van der Waals surface area contributed by atoms with E-state index in [0.717, 1.165) is 31.2 Å². The van der Waals surface area contributed by atoms with Gasteiger partial charge in [0, 0.05) is 18.0 Å². The highest BCUT2D eigenvalue weighted by Gasteiger charge is 2.51. The third-order valence-electron chi connectivity index (χ3n) is 4.84. The molecular formula is C16H21NO3. The molecule has 0 radical (unpaired) electrons. The van der Waals surface area contributed by atoms with Gasteiger partial charge in [0.05, 0.1) is 6.61 Å². The Bertz CT molecular complexity index is 476. The van der Waals surface area contributed by atoms with Crippen LogP contribution in [0.2, 0.25) is 0 Å². The van der Waals surface area contributed by atoms with Crippen LogP contribution in [0, 0.1) is 5.41 Å². The second-order valence-corrected chi connectivity index (χ2v) is 5.91. The number of aliphatic hydroxyl groups is 1. The molecule has 4 nitrogen and oxygen atoms in total. The van der Waals surface area contributed by atoms with Gasteiger partial charge in [-0.3, -0.25) is 0 Å². The second-order valence-electron chi connectivity index (χ2n) is 5.91. The van der Waals surface area contributed by atoms with Gasteiger partial charge in [-0.2, -0.15) is 0 Å². The lowest BCUT2D eigenvalue weighted by Crippen LogP contribution is -2.41. The fourth-order valence-corrected chi connectivity index (χ4v) is 3.68. The van der Waals surface area contributed by atoms with E-state index >= 15 is 0 Å². The van der Waals surface area contributed by atoms with Crippen molar-refractivity contribution < 1.29 is 14.6 Å². The Kier molecular flexibility index (Phi) is 3.66. The van der Waals surface area contributed by atoms with Crippen LogP contribution in [0.1, 0.15) is 31.2 Å². The van der Waals surface area contributed by atoms with Crippen LogP contribution in [0.5, 0.6) is 0 Å². The molecule has 1 saturated carbocycles. The number of fused-ring (bicyclic) bond motifs is 1. The summed E-state index contributed by atoms with van der Waals surface area (Å²) in [6, 6.07) is 9.88. The molecule has 2 unspecified atom stereocenters. The highest BCUT2D eigenvalue weighted by molar-refractivity contribution is 5.68. The molecule has 1 aliphatic heterocycles. The van der Waals surface area contributed by atoms with Crippen molar-refractivity contribution in [2.24, 2.45) is 5.41 Å². The maximum absolute atomic E-state index is 12.2. The Labute approximate surface area is 119 Å². The molecule has 0 bridgehead atoms. The monoisotopic (exact) mass is 275 g/mol. The van der Waals surface area contributed by atoms with Crippen molar-refractivity contribution >= 4 is 6.09 Å². The molecular weight excluding hydrogens is 254 g/mol. The Hall–Kier alpha value is -1.55. The molecule has 1 heterocycles. The maximum Gasteiger partial charge on any atom is 0.410 e. The number of carbonyl (C=O) groups is 1. The fraction of sp³-hybridized carbons (Fsp3) is 0.562. The van der Waals surface area contributed by atoms with Crippen molar-refractivity contribution in [1.82, 2.24) is 4.90 Å². The second kappa shape index (κ2) is 5.44. The molecule has 2 fully saturated rings. The van der Waals surface area contributed by atoms with Gasteiger partial charge in [0.15, 0.2) is 0 Å². The lowest BCUT2D eigenvalue weighted by Gasteiger charge is -2.30. The average Bonchev–Trinajstić information content (AvgIpc) is 3.04. The normalized spacial score (nSPS) is 28.4. The van der Waals surface area contributed by atoms with Gasteiger partial charge in [-0.1, -0.05) is 36.8 Å². The number of aliphatic hydroxyl groups excluding tert-OH is 1. The van der Waals surface area contributed by atoms with E-state index in [4.69, 9.17) is 4.74 Å². The molecule has 1 N–H and O–H groups in total. The molecule has 20 heavy (non-hydrogen) atoms. The Morgan fingerprint density at radius 2 is 2.15 bits per heavy atom. The molecule has 2 atom stereocenters. The molecule has 1 amide bonds. The lowest BCUT2D eigenvalue weighted by molar-refractivity contribution is 0.0683. The van der Waals surface area contributed by atoms with Gasteiger partial charge in [0.25, 0.3) is 0 Å². The molecule has 4 heteroatoms. The van der Waals surface area contributed by atoms with Crippen LogP contribution < -0.4 is 0 Å². The predicted octanol–water partition coefficient (Wildman–Crippen LogP) is 2.56. The zero-order valence-corrected chi connectivity index (χ0v) is 11.6. The number of benzene rings is 1. The first kappa shape index (κ1) is 13.4. The van der Waals surface area contributed by atoms with Gasteiger partial charge in [0.2, 0.25) is 0 Å². The topological polar surface area (TPSA) is 49.8 Å². The number of nitrogens with zero attached hydrogens (tertiary/aromatic N) is 1. The summed E-state index contributed by atoms with van der Waals surface area (Å²) in [4.78, 5) is 14.1. The molecule has 1 aromatic rings. The summed E-state index contributed by atoms with van der Waals surface area (Å²) in [6.07, 6.45) is 3.76. The molecule has 1 saturated heterocycles. The number of rotatable bonds is 3. The quantitative estimate of drug-likeness (QED) is 0.922. The van der Waals surface area contributed by atoms with E-state index in [0.29, 0.717) is 13.2 Å². The first-order valence-electron chi connectivity index (χ1n) is 7.33. The smallest absolute Gasteiger partial charge is 0.410 e. The number of amides is 1. The van der Waals surface area contributed by atoms with Crippen LogP contribution in [0.4, 0.5) is 4.79 Å². The van der Waals surface area contributed by atoms with Crippen molar-refractivity contribution in [3.63, 3.8) is 0 Å². The predicted molar refractivity (Wildman–Crippen MR) is 75.1 cm³/mol. The van der Waals surface area contributed by atoms with Crippen LogP contribution in [0.25, 0.3) is 0 Å². The summed E-state index contributed by atoms with van der Waals surface area (Å²) in [7, 11) is 0. The summed E-state index contributed by atoms with van der Waals surface area (Å²) in [5, 5.41) is 9.66. The Morgan fingerprint density at radius 1 is 1.35 bits per heavy atom. The first-order chi connectivity index (χ1) is 9.75. The first-order valence-corrected chi connectivity index (χ1v) is 7.33. The van der Waals surface area contributed by atoms with E-state index in [-0.39, 0.29) is 24.2 Å². The SMILES string of the molecule is O=C(OCc1ccccc1)N1CCC2(CO)CCCC12. The van der Waals surface area contributed by atoms with E-state index in [1.54, 1.807) is 0 Å². The summed E-state index contributed by atoms with van der Waals surface area (Å²) in [5.41, 5.74) is 0.936. The highest BCUT2D eigenvalue weighted by atomic mass is 16.6. The number of carbonyl (C=O) groups excluding carboxylic acids is 1. The van der Waals surface area contributed by atoms with Crippen molar-refractivity contribution in [3.8, 4) is 0 Å². The molecule has 2 aliphatic rings. The molecule has 1 aromatic carbocycles. The van der Waals surface area contributed by atoms with Crippen LogP contribution in [0.3, 0.4) is 0 Å². The van der Waals surface area contributed by atoms with Crippen LogP contribution in [-0.2, 0) is 11.3 Å². The largest absolute Gasteiger partial charge is 0.445 e. The van der Waals surface area contributed by atoms with E-state index in [9.17, 15) is 9.90 Å². The number of hydrogen-bond acceptors (Lipinski definition) is 3. The maximum atomic E-state index is 12.2. The van der Waals surface area contributed by atoms with Gasteiger partial charge in [0.1, 0.15) is 6.61 Å². The number of hydrogen-bond donors (Lipinski definition) is 1. The van der Waals surface area contributed by atoms with Gasteiger partial charge in [-0.25, -0.2) is 4.79 Å². The standard InChI is InChI=1S/C16H21NO3/c18-12-16-8-4-7-14(16)17(10-9-16)15(19)20-11-13-5-2-1-3-6-13/h1-3,5-6,14,18H,4,7-12H2. The molecule has 108 valence electrons. The summed E-state index contributed by atoms with van der Waals surface area (Å²) < 4.78 is 5.42. The van der Waals surface area contributed by atoms with Gasteiger partial charge in [-0.05, 0) is 24.8 Å². The number of ether oxygens (including phenoxy) is 1. The molecule has 1 aliphatic carbocycles. The lowest BCUT2D eigenvalue weighted by atomic mass is 9.83. The average molecular weight is 275 g/mol. The van der Waals surface area contributed by atoms with E-state index in [1.165, 1.54) is 0 Å². The minimum Gasteiger partial charge on any atom is -0.445 e. The third kappa shape index (κ3) is 2.29. The summed E-state index contributed by atoms with van der Waals surface area (Å²) in [5.74, 6) is 0. The fourth-order valence-electron chi connectivity index (χ4n) is 3.68. The minimum atomic E-state index is -0.240. The van der Waals surface area contributed by atoms with Gasteiger partial charge >= 0.3 is 6.09 Å². The van der Waals surface area contributed by atoms with Crippen LogP contribution >= 0.6 is 0 Å². The van der Waals surface area contributed by atoms with Crippen molar-refractivity contribution in [3.05, 3.63) is 35.9 Å². The highest BCUT2D eigenvalue weighted by Crippen LogP contribution is 2.48. The van der Waals surface area contributed by atoms with E-state index in [1.807, 2.05) is 35.2 Å². The van der Waals surface area contributed by atoms with Crippen molar-refractivity contribution in [2.75, 3.05) is 13.2 Å². The van der Waals surface area contributed by atoms with Crippen molar-refractivity contribution in [1.29, 1.82) is 0 Å². The van der Waals surface area contributed by atoms with E-state index < -0.39 is 0 Å². The third-order valence-corrected chi connectivity index (χ3v) is 4.84. The zero-order valence-electron chi connectivity index (χ0n) is 11.6. The van der Waals surface area contributed by atoms with Crippen molar-refractivity contribution in [2.45, 2.75) is 38.3 Å². The van der Waals surface area contributed by atoms with Gasteiger partial charge < -0.3 is 14.7 Å². The Balaban J connectivity index is 1.61.